The minimum absolute atomic E-state index is 1.12. The second kappa shape index (κ2) is 14.6. The van der Waals surface area contributed by atoms with Crippen LogP contribution in [-0.2, 0) is 24.2 Å². The maximum absolute atomic E-state index is 4.19. The zero-order valence-electron chi connectivity index (χ0n) is 26.6. The van der Waals surface area contributed by atoms with E-state index in [9.17, 15) is 0 Å². The Morgan fingerprint density at radius 1 is 0.432 bits per heavy atom. The van der Waals surface area contributed by atoms with Crippen molar-refractivity contribution in [1.82, 2.24) is 9.97 Å². The fourth-order valence-electron chi connectivity index (χ4n) is 6.01. The molecular weight excluding hydrogens is 565 g/mol. The van der Waals surface area contributed by atoms with Crippen molar-refractivity contribution in [2.24, 2.45) is 0 Å². The number of nitrogens with zero attached hydrogens (tertiary/aromatic N) is 2. The van der Waals surface area contributed by atoms with E-state index in [1.54, 1.807) is 0 Å². The average Bonchev–Trinajstić information content (AvgIpc) is 3.01. The minimum Gasteiger partial charge on any atom is -0.264 e. The van der Waals surface area contributed by atoms with Gasteiger partial charge < -0.3 is 0 Å². The van der Waals surface area contributed by atoms with Crippen molar-refractivity contribution in [3.63, 3.8) is 0 Å². The van der Waals surface area contributed by atoms with Gasteiger partial charge in [-0.05, 0) is 58.6 Å². The van der Waals surface area contributed by atoms with Crippen LogP contribution >= 0.6 is 0 Å². The second-order valence-electron chi connectivity index (χ2n) is 13.6. The quantitative estimate of drug-likeness (QED) is 0.132. The highest BCUT2D eigenvalue weighted by Gasteiger charge is 2.24. The van der Waals surface area contributed by atoms with Crippen LogP contribution < -0.4 is 0 Å². The van der Waals surface area contributed by atoms with E-state index in [4.69, 9.17) is 0 Å². The number of rotatable bonds is 12. The van der Waals surface area contributed by atoms with Gasteiger partial charge >= 0.3 is 0 Å². The third kappa shape index (κ3) is 9.97. The van der Waals surface area contributed by atoms with Gasteiger partial charge in [-0.3, -0.25) is 9.97 Å². The van der Waals surface area contributed by atoms with E-state index in [1.807, 2.05) is 36.9 Å². The molecule has 0 saturated heterocycles. The summed E-state index contributed by atoms with van der Waals surface area (Å²) in [7, 11) is -2.95. The number of pyridine rings is 2. The molecule has 0 radical (unpaired) electrons. The molecule has 3 aromatic carbocycles. The molecule has 0 fully saturated rings. The van der Waals surface area contributed by atoms with Crippen LogP contribution in [0, 0.1) is 0 Å². The predicted octanol–water partition coefficient (Wildman–Crippen LogP) is 9.96. The predicted molar refractivity (Wildman–Crippen MR) is 195 cm³/mol. The summed E-state index contributed by atoms with van der Waals surface area (Å²) < 4.78 is 0. The van der Waals surface area contributed by atoms with Gasteiger partial charge in [0.25, 0.3) is 0 Å². The highest BCUT2D eigenvalue weighted by Crippen LogP contribution is 2.23. The molecule has 0 spiro atoms. The Hall–Kier alpha value is -4.13. The molecule has 0 aliphatic heterocycles. The monoisotopic (exact) mass is 608 g/mol. The van der Waals surface area contributed by atoms with E-state index in [0.29, 0.717) is 0 Å². The Balaban J connectivity index is 1.15. The summed E-state index contributed by atoms with van der Waals surface area (Å²) in [5.41, 5.74) is 10.6. The molecule has 5 aromatic rings. The molecule has 44 heavy (non-hydrogen) atoms. The molecule has 2 heterocycles. The lowest BCUT2D eigenvalue weighted by molar-refractivity contribution is 1.17. The fourth-order valence-corrected chi connectivity index (χ4v) is 11.6. The van der Waals surface area contributed by atoms with E-state index < -0.39 is 16.1 Å². The van der Waals surface area contributed by atoms with Crippen LogP contribution in [0.15, 0.2) is 122 Å². The Kier molecular flexibility index (Phi) is 10.4. The summed E-state index contributed by atoms with van der Waals surface area (Å²) >= 11 is 0. The zero-order chi connectivity index (χ0) is 30.8. The van der Waals surface area contributed by atoms with E-state index in [-0.39, 0.29) is 0 Å². The van der Waals surface area contributed by atoms with Crippen LogP contribution in [-0.4, -0.2) is 26.1 Å². The SMILES string of the molecule is C[Si](C)(Cc1ccc(/C=C/c2cccnc2)cc1)Cc1cccc(C[Si](C)(C)Cc2ccc(/C=C/c3cccnc3)cc2)c1. The molecule has 2 nitrogen and oxygen atoms in total. The lowest BCUT2D eigenvalue weighted by Gasteiger charge is -2.25. The standard InChI is InChI=1S/C40H44N2Si2/c1-43(2,29-37-20-14-33(15-21-37)12-18-35-10-6-24-41-27-35)31-39-8-5-9-40(26-39)32-44(3,4)30-38-22-16-34(17-23-38)13-19-36-11-7-25-42-28-36/h5-28H,29-32H2,1-4H3/b18-12+,19-13+. The van der Waals surface area contributed by atoms with Crippen LogP contribution in [0.3, 0.4) is 0 Å². The minimum atomic E-state index is -1.47. The number of benzene rings is 3. The topological polar surface area (TPSA) is 25.8 Å². The molecule has 0 bridgehead atoms. The molecule has 5 rings (SSSR count). The van der Waals surface area contributed by atoms with Crippen molar-refractivity contribution >= 4 is 40.5 Å². The second-order valence-corrected chi connectivity index (χ2v) is 23.6. The van der Waals surface area contributed by atoms with Crippen LogP contribution in [0.25, 0.3) is 24.3 Å². The van der Waals surface area contributed by atoms with Gasteiger partial charge in [0, 0.05) is 24.8 Å². The van der Waals surface area contributed by atoms with Crippen LogP contribution in [0.4, 0.5) is 0 Å². The van der Waals surface area contributed by atoms with Crippen molar-refractivity contribution in [2.45, 2.75) is 50.4 Å². The first-order valence-corrected chi connectivity index (χ1v) is 22.5. The molecule has 0 N–H and O–H groups in total. The third-order valence-corrected chi connectivity index (χ3v) is 13.4. The highest BCUT2D eigenvalue weighted by molar-refractivity contribution is 6.76. The van der Waals surface area contributed by atoms with E-state index in [2.05, 4.69) is 145 Å². The van der Waals surface area contributed by atoms with Crippen LogP contribution in [0.5, 0.6) is 0 Å². The van der Waals surface area contributed by atoms with Crippen LogP contribution in [0.2, 0.25) is 26.2 Å². The van der Waals surface area contributed by atoms with Gasteiger partial charge in [-0.2, -0.15) is 0 Å². The Bertz CT molecular complexity index is 1550. The first-order valence-electron chi connectivity index (χ1n) is 15.6. The number of hydrogen-bond acceptors (Lipinski definition) is 2. The fraction of sp³-hybridized carbons (Fsp3) is 0.200. The maximum atomic E-state index is 4.19. The summed E-state index contributed by atoms with van der Waals surface area (Å²) in [4.78, 5) is 8.39. The lowest BCUT2D eigenvalue weighted by atomic mass is 10.1. The third-order valence-electron chi connectivity index (χ3n) is 7.99. The highest BCUT2D eigenvalue weighted by atomic mass is 28.3. The van der Waals surface area contributed by atoms with Gasteiger partial charge in [-0.1, -0.05) is 158 Å². The van der Waals surface area contributed by atoms with Crippen molar-refractivity contribution in [1.29, 1.82) is 0 Å². The molecule has 0 saturated carbocycles. The summed E-state index contributed by atoms with van der Waals surface area (Å²) in [5, 5.41) is 0. The maximum Gasteiger partial charge on any atom is 0.0561 e. The number of hydrogen-bond donors (Lipinski definition) is 0. The smallest absolute Gasteiger partial charge is 0.0561 e. The van der Waals surface area contributed by atoms with Crippen molar-refractivity contribution in [2.75, 3.05) is 0 Å². The summed E-state index contributed by atoms with van der Waals surface area (Å²) in [6.45, 7) is 10.1. The summed E-state index contributed by atoms with van der Waals surface area (Å²) in [5.74, 6) is 0. The molecule has 2 aromatic heterocycles. The van der Waals surface area contributed by atoms with Gasteiger partial charge in [-0.25, -0.2) is 0 Å². The van der Waals surface area contributed by atoms with E-state index in [1.165, 1.54) is 57.6 Å². The summed E-state index contributed by atoms with van der Waals surface area (Å²) in [6.07, 6.45) is 16.0. The van der Waals surface area contributed by atoms with Gasteiger partial charge in [0.05, 0.1) is 16.1 Å². The molecular formula is C40H44N2Si2. The zero-order valence-corrected chi connectivity index (χ0v) is 28.6. The Morgan fingerprint density at radius 3 is 1.20 bits per heavy atom. The first kappa shape index (κ1) is 31.3. The molecule has 4 heteroatoms. The Morgan fingerprint density at radius 2 is 0.818 bits per heavy atom. The normalized spacial score (nSPS) is 12.3. The first-order chi connectivity index (χ1) is 21.2. The van der Waals surface area contributed by atoms with Gasteiger partial charge in [0.1, 0.15) is 0 Å². The molecule has 0 aliphatic carbocycles. The largest absolute Gasteiger partial charge is 0.264 e. The van der Waals surface area contributed by atoms with Crippen LogP contribution in [0.1, 0.15) is 44.5 Å². The lowest BCUT2D eigenvalue weighted by Crippen LogP contribution is -2.34. The van der Waals surface area contributed by atoms with E-state index in [0.717, 1.165) is 11.1 Å². The van der Waals surface area contributed by atoms with Gasteiger partial charge in [0.15, 0.2) is 0 Å². The average molecular weight is 609 g/mol. The molecule has 0 atom stereocenters. The molecule has 0 aliphatic rings. The molecule has 0 amide bonds. The van der Waals surface area contributed by atoms with Crippen molar-refractivity contribution < 1.29 is 0 Å². The van der Waals surface area contributed by atoms with Gasteiger partial charge in [-0.15, -0.1) is 0 Å². The van der Waals surface area contributed by atoms with Crippen molar-refractivity contribution in [3.8, 4) is 0 Å². The van der Waals surface area contributed by atoms with E-state index >= 15 is 0 Å². The van der Waals surface area contributed by atoms with Gasteiger partial charge in [0.2, 0.25) is 0 Å². The summed E-state index contributed by atoms with van der Waals surface area (Å²) in [6, 6.07) is 40.6. The Labute approximate surface area is 266 Å². The molecule has 222 valence electrons. The number of aromatic nitrogens is 2. The van der Waals surface area contributed by atoms with Crippen molar-refractivity contribution in [3.05, 3.63) is 166 Å². The molecule has 0 unspecified atom stereocenters.